The number of aromatic nitrogens is 2. The van der Waals surface area contributed by atoms with Crippen molar-refractivity contribution in [3.05, 3.63) is 47.3 Å². The minimum Gasteiger partial charge on any atom is -0.380 e. The van der Waals surface area contributed by atoms with Crippen molar-refractivity contribution >= 4 is 5.69 Å². The number of nitrogens with one attached hydrogen (secondary N) is 1. The van der Waals surface area contributed by atoms with E-state index in [1.807, 2.05) is 10.9 Å². The molecule has 0 atom stereocenters. The van der Waals surface area contributed by atoms with E-state index >= 15 is 0 Å². The van der Waals surface area contributed by atoms with Crippen molar-refractivity contribution in [1.82, 2.24) is 9.78 Å². The van der Waals surface area contributed by atoms with Crippen LogP contribution in [0.25, 0.3) is 0 Å². The van der Waals surface area contributed by atoms with E-state index in [4.69, 9.17) is 0 Å². The highest BCUT2D eigenvalue weighted by atomic mass is 15.3. The highest BCUT2D eigenvalue weighted by Crippen LogP contribution is 2.20. The number of para-hydroxylation sites is 1. The Morgan fingerprint density at radius 2 is 1.94 bits per heavy atom. The van der Waals surface area contributed by atoms with Crippen LogP contribution in [0, 0.1) is 13.8 Å². The topological polar surface area (TPSA) is 29.9 Å². The average Bonchev–Trinajstić information content (AvgIpc) is 2.76. The Labute approximate surface area is 102 Å². The van der Waals surface area contributed by atoms with Crippen LogP contribution in [0.15, 0.2) is 30.6 Å². The van der Waals surface area contributed by atoms with Gasteiger partial charge in [0.15, 0.2) is 0 Å². The molecule has 0 spiro atoms. The van der Waals surface area contributed by atoms with Gasteiger partial charge in [0.25, 0.3) is 0 Å². The van der Waals surface area contributed by atoms with Crippen molar-refractivity contribution < 1.29 is 0 Å². The second-order valence-electron chi connectivity index (χ2n) is 4.32. The van der Waals surface area contributed by atoms with Crippen LogP contribution < -0.4 is 5.32 Å². The normalized spacial score (nSPS) is 10.5. The monoisotopic (exact) mass is 229 g/mol. The Kier molecular flexibility index (Phi) is 3.47. The van der Waals surface area contributed by atoms with Gasteiger partial charge in [-0.3, -0.25) is 4.68 Å². The van der Waals surface area contributed by atoms with Crippen molar-refractivity contribution in [1.29, 1.82) is 0 Å². The standard InChI is InChI=1S/C14H19N3/c1-4-17-10-13(9-16-17)8-15-14-11(2)6-5-7-12(14)3/h5-7,9-10,15H,4,8H2,1-3H3. The van der Waals surface area contributed by atoms with Gasteiger partial charge in [0.2, 0.25) is 0 Å². The first-order valence-corrected chi connectivity index (χ1v) is 6.02. The van der Waals surface area contributed by atoms with Crippen LogP contribution in [0.4, 0.5) is 5.69 Å². The van der Waals surface area contributed by atoms with Gasteiger partial charge in [-0.1, -0.05) is 18.2 Å². The van der Waals surface area contributed by atoms with E-state index in [0.717, 1.165) is 13.1 Å². The summed E-state index contributed by atoms with van der Waals surface area (Å²) in [6.07, 6.45) is 4.00. The van der Waals surface area contributed by atoms with Gasteiger partial charge in [-0.2, -0.15) is 5.10 Å². The van der Waals surface area contributed by atoms with E-state index < -0.39 is 0 Å². The SMILES string of the molecule is CCn1cc(CNc2c(C)cccc2C)cn1. The summed E-state index contributed by atoms with van der Waals surface area (Å²) in [7, 11) is 0. The van der Waals surface area contributed by atoms with Gasteiger partial charge in [0.05, 0.1) is 6.20 Å². The van der Waals surface area contributed by atoms with Crippen molar-refractivity contribution in [3.8, 4) is 0 Å². The molecule has 0 aliphatic heterocycles. The summed E-state index contributed by atoms with van der Waals surface area (Å²) in [5, 5.41) is 7.75. The Bertz CT molecular complexity index is 480. The molecule has 0 aliphatic rings. The molecular formula is C14H19N3. The molecule has 0 unspecified atom stereocenters. The Balaban J connectivity index is 2.07. The summed E-state index contributed by atoms with van der Waals surface area (Å²) >= 11 is 0. The van der Waals surface area contributed by atoms with Gasteiger partial charge in [-0.15, -0.1) is 0 Å². The van der Waals surface area contributed by atoms with Gasteiger partial charge in [0.1, 0.15) is 0 Å². The molecule has 0 radical (unpaired) electrons. The van der Waals surface area contributed by atoms with Crippen LogP contribution in [0.3, 0.4) is 0 Å². The second-order valence-corrected chi connectivity index (χ2v) is 4.32. The molecule has 2 rings (SSSR count). The summed E-state index contributed by atoms with van der Waals surface area (Å²) in [4.78, 5) is 0. The Morgan fingerprint density at radius 3 is 2.53 bits per heavy atom. The largest absolute Gasteiger partial charge is 0.380 e. The second kappa shape index (κ2) is 5.04. The molecule has 0 bridgehead atoms. The number of rotatable bonds is 4. The lowest BCUT2D eigenvalue weighted by molar-refractivity contribution is 0.659. The molecule has 2 aromatic rings. The Morgan fingerprint density at radius 1 is 1.24 bits per heavy atom. The number of benzene rings is 1. The number of anilines is 1. The Hall–Kier alpha value is -1.77. The fraction of sp³-hybridized carbons (Fsp3) is 0.357. The smallest absolute Gasteiger partial charge is 0.0539 e. The number of aryl methyl sites for hydroxylation is 3. The third-order valence-corrected chi connectivity index (χ3v) is 2.96. The van der Waals surface area contributed by atoms with Crippen LogP contribution in [-0.2, 0) is 13.1 Å². The van der Waals surface area contributed by atoms with Crippen LogP contribution >= 0.6 is 0 Å². The molecule has 90 valence electrons. The molecule has 1 heterocycles. The molecular weight excluding hydrogens is 210 g/mol. The molecule has 0 saturated carbocycles. The fourth-order valence-electron chi connectivity index (χ4n) is 1.95. The predicted molar refractivity (Wildman–Crippen MR) is 71.1 cm³/mol. The number of nitrogens with zero attached hydrogens (tertiary/aromatic N) is 2. The molecule has 1 N–H and O–H groups in total. The maximum Gasteiger partial charge on any atom is 0.0539 e. The summed E-state index contributed by atoms with van der Waals surface area (Å²) in [6.45, 7) is 8.10. The van der Waals surface area contributed by atoms with E-state index in [1.54, 1.807) is 0 Å². The van der Waals surface area contributed by atoms with E-state index in [9.17, 15) is 0 Å². The average molecular weight is 229 g/mol. The molecule has 0 fully saturated rings. The lowest BCUT2D eigenvalue weighted by Gasteiger charge is -2.11. The maximum absolute atomic E-state index is 4.27. The first-order valence-electron chi connectivity index (χ1n) is 6.02. The third kappa shape index (κ3) is 2.67. The first kappa shape index (κ1) is 11.7. The molecule has 0 saturated heterocycles. The van der Waals surface area contributed by atoms with Crippen LogP contribution in [0.2, 0.25) is 0 Å². The van der Waals surface area contributed by atoms with Gasteiger partial charge >= 0.3 is 0 Å². The minimum absolute atomic E-state index is 0.825. The van der Waals surface area contributed by atoms with Gasteiger partial charge in [-0.25, -0.2) is 0 Å². The summed E-state index contributed by atoms with van der Waals surface area (Å²) < 4.78 is 1.95. The van der Waals surface area contributed by atoms with Gasteiger partial charge in [0, 0.05) is 30.5 Å². The highest BCUT2D eigenvalue weighted by Gasteiger charge is 2.02. The van der Waals surface area contributed by atoms with Crippen LogP contribution in [-0.4, -0.2) is 9.78 Å². The van der Waals surface area contributed by atoms with Crippen LogP contribution in [0.5, 0.6) is 0 Å². The lowest BCUT2D eigenvalue weighted by Crippen LogP contribution is -2.02. The van der Waals surface area contributed by atoms with Crippen molar-refractivity contribution in [2.24, 2.45) is 0 Å². The van der Waals surface area contributed by atoms with E-state index in [1.165, 1.54) is 22.4 Å². The number of hydrogen-bond acceptors (Lipinski definition) is 2. The summed E-state index contributed by atoms with van der Waals surface area (Å²) in [5.74, 6) is 0. The third-order valence-electron chi connectivity index (χ3n) is 2.96. The summed E-state index contributed by atoms with van der Waals surface area (Å²) in [6, 6.07) is 6.35. The zero-order valence-corrected chi connectivity index (χ0v) is 10.7. The molecule has 17 heavy (non-hydrogen) atoms. The van der Waals surface area contributed by atoms with Crippen LogP contribution in [0.1, 0.15) is 23.6 Å². The lowest BCUT2D eigenvalue weighted by atomic mass is 10.1. The number of hydrogen-bond donors (Lipinski definition) is 1. The molecule has 3 heteroatoms. The minimum atomic E-state index is 0.825. The van der Waals surface area contributed by atoms with Crippen molar-refractivity contribution in [3.63, 3.8) is 0 Å². The molecule has 1 aromatic carbocycles. The van der Waals surface area contributed by atoms with Gasteiger partial charge in [-0.05, 0) is 31.9 Å². The van der Waals surface area contributed by atoms with E-state index in [2.05, 4.69) is 55.6 Å². The summed E-state index contributed by atoms with van der Waals surface area (Å²) in [5.41, 5.74) is 5.02. The molecule has 3 nitrogen and oxygen atoms in total. The van der Waals surface area contributed by atoms with Crippen molar-refractivity contribution in [2.45, 2.75) is 33.9 Å². The zero-order valence-electron chi connectivity index (χ0n) is 10.7. The van der Waals surface area contributed by atoms with E-state index in [-0.39, 0.29) is 0 Å². The molecule has 0 amide bonds. The van der Waals surface area contributed by atoms with Gasteiger partial charge < -0.3 is 5.32 Å². The quantitative estimate of drug-likeness (QED) is 0.873. The molecule has 1 aromatic heterocycles. The maximum atomic E-state index is 4.27. The molecule has 0 aliphatic carbocycles. The fourth-order valence-corrected chi connectivity index (χ4v) is 1.95. The van der Waals surface area contributed by atoms with Crippen molar-refractivity contribution in [2.75, 3.05) is 5.32 Å². The van der Waals surface area contributed by atoms with E-state index in [0.29, 0.717) is 0 Å². The predicted octanol–water partition coefficient (Wildman–Crippen LogP) is 3.13. The highest BCUT2D eigenvalue weighted by molar-refractivity contribution is 5.56. The zero-order chi connectivity index (χ0) is 12.3. The first-order chi connectivity index (χ1) is 8.20.